The van der Waals surface area contributed by atoms with Crippen LogP contribution in [0.4, 0.5) is 13.2 Å². The molecule has 8 heteroatoms. The zero-order chi connectivity index (χ0) is 25.5. The van der Waals surface area contributed by atoms with E-state index in [4.69, 9.17) is 20.4 Å². The number of carboxylic acids is 1. The monoisotopic (exact) mass is 479 g/mol. The Morgan fingerprint density at radius 2 is 1.65 bits per heavy atom. The molecule has 1 aliphatic carbocycles. The first-order valence-corrected chi connectivity index (χ1v) is 11.2. The standard InChI is InChI=1S/C24H31NO2.C2HF3O2/c1-24(2)15-13-18(14-16-24)8-7-17-9-11-19(12-10-17)20-5-4-6-21(23(25)26)22(20)27-3;3-2(4,5)1(6)7/h4-6,9-12,18H,7-8,13-16H2,1-3H3,(H2,25,26);(H,6,7). The average Bonchev–Trinajstić information content (AvgIpc) is 2.78. The van der Waals surface area contributed by atoms with Gasteiger partial charge in [0.15, 0.2) is 0 Å². The fourth-order valence-electron chi connectivity index (χ4n) is 4.15. The van der Waals surface area contributed by atoms with Gasteiger partial charge < -0.3 is 15.6 Å². The third-order valence-electron chi connectivity index (χ3n) is 6.29. The average molecular weight is 480 g/mol. The van der Waals surface area contributed by atoms with Gasteiger partial charge in [0.25, 0.3) is 5.91 Å². The van der Waals surface area contributed by atoms with Gasteiger partial charge in [-0.2, -0.15) is 13.2 Å². The number of alkyl halides is 3. The van der Waals surface area contributed by atoms with Crippen molar-refractivity contribution in [3.63, 3.8) is 0 Å². The van der Waals surface area contributed by atoms with E-state index in [1.165, 1.54) is 37.7 Å². The Kier molecular flexibility index (Phi) is 9.13. The second-order valence-electron chi connectivity index (χ2n) is 9.40. The number of hydrogen-bond acceptors (Lipinski definition) is 3. The molecule has 0 aliphatic heterocycles. The molecule has 1 saturated carbocycles. The molecule has 0 spiro atoms. The van der Waals surface area contributed by atoms with Crippen molar-refractivity contribution < 1.29 is 32.6 Å². The van der Waals surface area contributed by atoms with Crippen LogP contribution >= 0.6 is 0 Å². The number of aryl methyl sites for hydroxylation is 1. The molecular weight excluding hydrogens is 447 g/mol. The number of carbonyl (C=O) groups is 2. The Bertz CT molecular complexity index is 975. The second-order valence-corrected chi connectivity index (χ2v) is 9.40. The Morgan fingerprint density at radius 1 is 1.09 bits per heavy atom. The summed E-state index contributed by atoms with van der Waals surface area (Å²) in [4.78, 5) is 20.5. The van der Waals surface area contributed by atoms with Crippen molar-refractivity contribution in [2.24, 2.45) is 17.1 Å². The highest BCUT2D eigenvalue weighted by molar-refractivity contribution is 5.98. The number of nitrogens with two attached hydrogens (primary N) is 1. The molecule has 0 atom stereocenters. The molecule has 0 bridgehead atoms. The molecule has 0 radical (unpaired) electrons. The second kappa shape index (κ2) is 11.4. The largest absolute Gasteiger partial charge is 0.495 e. The maximum Gasteiger partial charge on any atom is 0.490 e. The van der Waals surface area contributed by atoms with Crippen LogP contribution in [0.2, 0.25) is 0 Å². The summed E-state index contributed by atoms with van der Waals surface area (Å²) in [6.07, 6.45) is 2.75. The van der Waals surface area contributed by atoms with Crippen molar-refractivity contribution >= 4 is 11.9 Å². The normalized spacial score (nSPS) is 15.7. The maximum absolute atomic E-state index is 11.6. The van der Waals surface area contributed by atoms with E-state index < -0.39 is 18.1 Å². The topological polar surface area (TPSA) is 89.6 Å². The molecule has 3 rings (SSSR count). The van der Waals surface area contributed by atoms with Gasteiger partial charge in [-0.3, -0.25) is 4.79 Å². The first-order chi connectivity index (χ1) is 15.8. The summed E-state index contributed by atoms with van der Waals surface area (Å²) in [5, 5.41) is 7.12. The lowest BCUT2D eigenvalue weighted by Crippen LogP contribution is -2.21. The van der Waals surface area contributed by atoms with Gasteiger partial charge >= 0.3 is 12.1 Å². The van der Waals surface area contributed by atoms with E-state index in [2.05, 4.69) is 38.1 Å². The van der Waals surface area contributed by atoms with E-state index in [1.807, 2.05) is 12.1 Å². The lowest BCUT2D eigenvalue weighted by Gasteiger charge is -2.34. The van der Waals surface area contributed by atoms with Crippen LogP contribution < -0.4 is 10.5 Å². The molecular formula is C26H32F3NO4. The van der Waals surface area contributed by atoms with Gasteiger partial charge in [-0.15, -0.1) is 0 Å². The number of carboxylic acid groups (broad SMARTS) is 1. The zero-order valence-electron chi connectivity index (χ0n) is 19.7. The quantitative estimate of drug-likeness (QED) is 0.513. The summed E-state index contributed by atoms with van der Waals surface area (Å²) in [6, 6.07) is 14.1. The van der Waals surface area contributed by atoms with Crippen LogP contribution in [0.25, 0.3) is 11.1 Å². The van der Waals surface area contributed by atoms with Crippen molar-refractivity contribution in [1.29, 1.82) is 0 Å². The Balaban J connectivity index is 0.000000509. The van der Waals surface area contributed by atoms with E-state index in [1.54, 1.807) is 13.2 Å². The van der Waals surface area contributed by atoms with Crippen molar-refractivity contribution in [2.45, 2.75) is 58.5 Å². The van der Waals surface area contributed by atoms with Crippen LogP contribution in [-0.4, -0.2) is 30.3 Å². The highest BCUT2D eigenvalue weighted by atomic mass is 19.4. The molecule has 1 amide bonds. The molecule has 0 aromatic heterocycles. The molecule has 1 fully saturated rings. The van der Waals surface area contributed by atoms with Crippen LogP contribution in [0.1, 0.15) is 61.9 Å². The number of halogens is 3. The molecule has 3 N–H and O–H groups in total. The molecule has 0 saturated heterocycles. The lowest BCUT2D eigenvalue weighted by atomic mass is 9.72. The van der Waals surface area contributed by atoms with Crippen molar-refractivity contribution in [3.05, 3.63) is 53.6 Å². The minimum atomic E-state index is -5.08. The van der Waals surface area contributed by atoms with Crippen LogP contribution in [-0.2, 0) is 11.2 Å². The Hall–Kier alpha value is -3.03. The van der Waals surface area contributed by atoms with Crippen LogP contribution in [0.3, 0.4) is 0 Å². The predicted octanol–water partition coefficient (Wildman–Crippen LogP) is 6.24. The number of methoxy groups -OCH3 is 1. The Morgan fingerprint density at radius 3 is 2.12 bits per heavy atom. The molecule has 34 heavy (non-hydrogen) atoms. The lowest BCUT2D eigenvalue weighted by molar-refractivity contribution is -0.192. The Labute approximate surface area is 198 Å². The van der Waals surface area contributed by atoms with Gasteiger partial charge in [0, 0.05) is 5.56 Å². The van der Waals surface area contributed by atoms with Crippen molar-refractivity contribution in [1.82, 2.24) is 0 Å². The van der Waals surface area contributed by atoms with E-state index in [-0.39, 0.29) is 0 Å². The predicted molar refractivity (Wildman–Crippen MR) is 125 cm³/mol. The van der Waals surface area contributed by atoms with Crippen molar-refractivity contribution in [3.8, 4) is 16.9 Å². The fourth-order valence-corrected chi connectivity index (χ4v) is 4.15. The van der Waals surface area contributed by atoms with Gasteiger partial charge in [-0.05, 0) is 67.1 Å². The number of benzene rings is 2. The SMILES string of the molecule is COc1c(C(N)=O)cccc1-c1ccc(CCC2CCC(C)(C)CC2)cc1.O=C(O)C(F)(F)F. The highest BCUT2D eigenvalue weighted by Gasteiger charge is 2.38. The number of hydrogen-bond donors (Lipinski definition) is 2. The molecule has 2 aromatic carbocycles. The molecule has 0 unspecified atom stereocenters. The van der Waals surface area contributed by atoms with E-state index in [0.29, 0.717) is 16.7 Å². The van der Waals surface area contributed by atoms with E-state index in [9.17, 15) is 18.0 Å². The number of rotatable bonds is 6. The van der Waals surface area contributed by atoms with Gasteiger partial charge in [-0.1, -0.05) is 50.2 Å². The molecule has 186 valence electrons. The van der Waals surface area contributed by atoms with E-state index >= 15 is 0 Å². The van der Waals surface area contributed by atoms with Gasteiger partial charge in [-0.25, -0.2) is 4.79 Å². The maximum atomic E-state index is 11.6. The highest BCUT2D eigenvalue weighted by Crippen LogP contribution is 2.39. The van der Waals surface area contributed by atoms with E-state index in [0.717, 1.165) is 23.5 Å². The first-order valence-electron chi connectivity index (χ1n) is 11.2. The number of aliphatic carboxylic acids is 1. The summed E-state index contributed by atoms with van der Waals surface area (Å²) >= 11 is 0. The van der Waals surface area contributed by atoms with Gasteiger partial charge in [0.1, 0.15) is 5.75 Å². The number of ether oxygens (including phenoxy) is 1. The fraction of sp³-hybridized carbons (Fsp3) is 0.462. The van der Waals surface area contributed by atoms with Gasteiger partial charge in [0.05, 0.1) is 12.7 Å². The number of amides is 1. The van der Waals surface area contributed by atoms with Crippen molar-refractivity contribution in [2.75, 3.05) is 7.11 Å². The first kappa shape index (κ1) is 27.2. The molecule has 1 aliphatic rings. The summed E-state index contributed by atoms with van der Waals surface area (Å²) in [6.45, 7) is 4.78. The smallest absolute Gasteiger partial charge is 0.490 e. The molecule has 2 aromatic rings. The third kappa shape index (κ3) is 7.78. The zero-order valence-corrected chi connectivity index (χ0v) is 19.7. The molecule has 5 nitrogen and oxygen atoms in total. The number of carbonyl (C=O) groups excluding carboxylic acids is 1. The summed E-state index contributed by atoms with van der Waals surface area (Å²) < 4.78 is 37.2. The molecule has 0 heterocycles. The minimum absolute atomic E-state index is 0.416. The van der Waals surface area contributed by atoms with Crippen LogP contribution in [0.15, 0.2) is 42.5 Å². The minimum Gasteiger partial charge on any atom is -0.495 e. The number of para-hydroxylation sites is 1. The number of primary amides is 1. The summed E-state index contributed by atoms with van der Waals surface area (Å²) in [5.41, 5.74) is 9.73. The van der Waals surface area contributed by atoms with Crippen LogP contribution in [0, 0.1) is 11.3 Å². The van der Waals surface area contributed by atoms with Gasteiger partial charge in [0.2, 0.25) is 0 Å². The summed E-state index contributed by atoms with van der Waals surface area (Å²) in [5.74, 6) is -1.82. The summed E-state index contributed by atoms with van der Waals surface area (Å²) in [7, 11) is 1.57. The third-order valence-corrected chi connectivity index (χ3v) is 6.29. The van der Waals surface area contributed by atoms with Crippen LogP contribution in [0.5, 0.6) is 5.75 Å².